The second-order valence-corrected chi connectivity index (χ2v) is 4.81. The van der Waals surface area contributed by atoms with Crippen molar-refractivity contribution < 1.29 is 24.2 Å². The Morgan fingerprint density at radius 2 is 2.10 bits per heavy atom. The summed E-state index contributed by atoms with van der Waals surface area (Å²) in [7, 11) is 2.96. The Morgan fingerprint density at radius 1 is 1.38 bits per heavy atom. The maximum Gasteiger partial charge on any atom is 0.326 e. The zero-order chi connectivity index (χ0) is 15.8. The van der Waals surface area contributed by atoms with Gasteiger partial charge in [-0.1, -0.05) is 11.6 Å². The minimum absolute atomic E-state index is 0.0134. The molecule has 2 N–H and O–H groups in total. The maximum absolute atomic E-state index is 12.0. The molecule has 0 saturated heterocycles. The van der Waals surface area contributed by atoms with E-state index in [9.17, 15) is 9.59 Å². The summed E-state index contributed by atoms with van der Waals surface area (Å²) in [6.07, 6.45) is 0.185. The number of rotatable bonds is 8. The standard InChI is InChI=1S/C14H18ClNO5/c1-20-6-5-11(14(18)19)16-13(17)8-9-7-10(15)3-4-12(9)21-2/h3-4,7,11H,5-6,8H2,1-2H3,(H,16,17)(H,18,19). The number of nitrogens with one attached hydrogen (secondary N) is 1. The van der Waals surface area contributed by atoms with Gasteiger partial charge < -0.3 is 19.9 Å². The fourth-order valence-corrected chi connectivity index (χ4v) is 1.99. The summed E-state index contributed by atoms with van der Waals surface area (Å²) in [6, 6.07) is 3.94. The lowest BCUT2D eigenvalue weighted by Crippen LogP contribution is -2.42. The van der Waals surface area contributed by atoms with Gasteiger partial charge in [0.2, 0.25) is 5.91 Å². The number of halogens is 1. The first kappa shape index (κ1) is 17.3. The van der Waals surface area contributed by atoms with Gasteiger partial charge in [0.1, 0.15) is 11.8 Å². The average Bonchev–Trinajstić information content (AvgIpc) is 2.43. The monoisotopic (exact) mass is 315 g/mol. The minimum atomic E-state index is -1.10. The van der Waals surface area contributed by atoms with Crippen molar-refractivity contribution in [2.75, 3.05) is 20.8 Å². The van der Waals surface area contributed by atoms with Crippen molar-refractivity contribution in [1.29, 1.82) is 0 Å². The fourth-order valence-electron chi connectivity index (χ4n) is 1.80. The molecule has 1 aromatic carbocycles. The highest BCUT2D eigenvalue weighted by molar-refractivity contribution is 6.30. The lowest BCUT2D eigenvalue weighted by atomic mass is 10.1. The van der Waals surface area contributed by atoms with E-state index in [1.165, 1.54) is 14.2 Å². The average molecular weight is 316 g/mol. The number of carboxylic acids is 1. The molecule has 21 heavy (non-hydrogen) atoms. The van der Waals surface area contributed by atoms with Crippen molar-refractivity contribution in [1.82, 2.24) is 5.32 Å². The molecule has 1 rings (SSSR count). The summed E-state index contributed by atoms with van der Waals surface area (Å²) in [6.45, 7) is 0.248. The number of carbonyl (C=O) groups is 2. The molecule has 0 heterocycles. The molecule has 6 nitrogen and oxygen atoms in total. The van der Waals surface area contributed by atoms with Gasteiger partial charge >= 0.3 is 5.97 Å². The molecule has 0 spiro atoms. The molecular formula is C14H18ClNO5. The number of ether oxygens (including phenoxy) is 2. The van der Waals surface area contributed by atoms with Crippen LogP contribution in [0.2, 0.25) is 5.02 Å². The highest BCUT2D eigenvalue weighted by Gasteiger charge is 2.20. The molecule has 0 aliphatic rings. The van der Waals surface area contributed by atoms with Gasteiger partial charge in [-0.15, -0.1) is 0 Å². The quantitative estimate of drug-likeness (QED) is 0.759. The van der Waals surface area contributed by atoms with Crippen LogP contribution < -0.4 is 10.1 Å². The molecule has 116 valence electrons. The summed E-state index contributed by atoms with van der Waals surface area (Å²) in [5.41, 5.74) is 0.596. The summed E-state index contributed by atoms with van der Waals surface area (Å²) >= 11 is 5.88. The van der Waals surface area contributed by atoms with E-state index in [0.717, 1.165) is 0 Å². The third-order valence-corrected chi connectivity index (χ3v) is 3.07. The Hall–Kier alpha value is -1.79. The van der Waals surface area contributed by atoms with Gasteiger partial charge in [-0.25, -0.2) is 4.79 Å². The Bertz CT molecular complexity index is 506. The lowest BCUT2D eigenvalue weighted by molar-refractivity contribution is -0.142. The van der Waals surface area contributed by atoms with Crippen LogP contribution >= 0.6 is 11.6 Å². The van der Waals surface area contributed by atoms with Crippen LogP contribution in [0.3, 0.4) is 0 Å². The van der Waals surface area contributed by atoms with Gasteiger partial charge in [0.25, 0.3) is 0 Å². The zero-order valence-electron chi connectivity index (χ0n) is 11.9. The van der Waals surface area contributed by atoms with E-state index >= 15 is 0 Å². The molecule has 0 aromatic heterocycles. The molecule has 0 fully saturated rings. The van der Waals surface area contributed by atoms with E-state index in [-0.39, 0.29) is 19.4 Å². The van der Waals surface area contributed by atoms with Crippen LogP contribution in [0.15, 0.2) is 18.2 Å². The van der Waals surface area contributed by atoms with Crippen LogP contribution in [0.5, 0.6) is 5.75 Å². The second kappa shape index (κ2) is 8.49. The van der Waals surface area contributed by atoms with Crippen molar-refractivity contribution >= 4 is 23.5 Å². The number of benzene rings is 1. The number of carbonyl (C=O) groups excluding carboxylic acids is 1. The van der Waals surface area contributed by atoms with Gasteiger partial charge in [-0.2, -0.15) is 0 Å². The predicted molar refractivity (Wildman–Crippen MR) is 77.8 cm³/mol. The molecule has 0 aliphatic carbocycles. The van der Waals surface area contributed by atoms with E-state index in [1.807, 2.05) is 0 Å². The SMILES string of the molecule is COCCC(NC(=O)Cc1cc(Cl)ccc1OC)C(=O)O. The van der Waals surface area contributed by atoms with Crippen LogP contribution in [0, 0.1) is 0 Å². The zero-order valence-corrected chi connectivity index (χ0v) is 12.6. The first-order valence-corrected chi connectivity index (χ1v) is 6.69. The highest BCUT2D eigenvalue weighted by Crippen LogP contribution is 2.23. The molecular weight excluding hydrogens is 298 g/mol. The Morgan fingerprint density at radius 3 is 2.67 bits per heavy atom. The maximum atomic E-state index is 12.0. The molecule has 0 bridgehead atoms. The lowest BCUT2D eigenvalue weighted by Gasteiger charge is -2.15. The van der Waals surface area contributed by atoms with Crippen molar-refractivity contribution in [3.05, 3.63) is 28.8 Å². The summed E-state index contributed by atoms with van der Waals surface area (Å²) < 4.78 is 9.97. The third-order valence-electron chi connectivity index (χ3n) is 2.84. The van der Waals surface area contributed by atoms with E-state index in [4.69, 9.17) is 26.2 Å². The van der Waals surface area contributed by atoms with Gasteiger partial charge in [0.05, 0.1) is 13.5 Å². The van der Waals surface area contributed by atoms with E-state index in [0.29, 0.717) is 16.3 Å². The second-order valence-electron chi connectivity index (χ2n) is 4.37. The highest BCUT2D eigenvalue weighted by atomic mass is 35.5. The van der Waals surface area contributed by atoms with Crippen molar-refractivity contribution in [2.24, 2.45) is 0 Å². The molecule has 7 heteroatoms. The van der Waals surface area contributed by atoms with E-state index in [1.54, 1.807) is 18.2 Å². The van der Waals surface area contributed by atoms with Crippen LogP contribution in [0.1, 0.15) is 12.0 Å². The predicted octanol–water partition coefficient (Wildman–Crippen LogP) is 1.50. The Balaban J connectivity index is 2.71. The minimum Gasteiger partial charge on any atom is -0.496 e. The van der Waals surface area contributed by atoms with Crippen molar-refractivity contribution in [3.63, 3.8) is 0 Å². The van der Waals surface area contributed by atoms with Gasteiger partial charge in [-0.3, -0.25) is 4.79 Å². The molecule has 0 aliphatic heterocycles. The van der Waals surface area contributed by atoms with E-state index in [2.05, 4.69) is 5.32 Å². The number of hydrogen-bond acceptors (Lipinski definition) is 4. The van der Waals surface area contributed by atoms with E-state index < -0.39 is 17.9 Å². The molecule has 1 unspecified atom stereocenters. The Kier molecular flexibility index (Phi) is 6.98. The molecule has 0 radical (unpaired) electrons. The van der Waals surface area contributed by atoms with Crippen LogP contribution in [-0.4, -0.2) is 43.9 Å². The fraction of sp³-hybridized carbons (Fsp3) is 0.429. The molecule has 0 saturated carbocycles. The normalized spacial score (nSPS) is 11.8. The first-order valence-electron chi connectivity index (χ1n) is 6.31. The van der Waals surface area contributed by atoms with Gasteiger partial charge in [0, 0.05) is 30.7 Å². The number of hydrogen-bond donors (Lipinski definition) is 2. The van der Waals surface area contributed by atoms with Crippen LogP contribution in [-0.2, 0) is 20.7 Å². The third kappa shape index (κ3) is 5.61. The summed E-state index contributed by atoms with van der Waals surface area (Å²) in [5, 5.41) is 12.0. The number of amides is 1. The van der Waals surface area contributed by atoms with Crippen molar-refractivity contribution in [2.45, 2.75) is 18.9 Å². The number of aliphatic carboxylic acids is 1. The topological polar surface area (TPSA) is 84.9 Å². The van der Waals surface area contributed by atoms with Gasteiger partial charge in [0.15, 0.2) is 0 Å². The van der Waals surface area contributed by atoms with Crippen LogP contribution in [0.4, 0.5) is 0 Å². The number of methoxy groups -OCH3 is 2. The molecule has 1 aromatic rings. The summed E-state index contributed by atoms with van der Waals surface area (Å²) in [5.74, 6) is -0.990. The van der Waals surface area contributed by atoms with Crippen molar-refractivity contribution in [3.8, 4) is 5.75 Å². The molecule has 1 amide bonds. The largest absolute Gasteiger partial charge is 0.496 e. The van der Waals surface area contributed by atoms with Crippen LogP contribution in [0.25, 0.3) is 0 Å². The first-order chi connectivity index (χ1) is 9.97. The molecule has 1 atom stereocenters. The number of carboxylic acid groups (broad SMARTS) is 1. The Labute approximate surface area is 128 Å². The van der Waals surface area contributed by atoms with Gasteiger partial charge in [-0.05, 0) is 18.2 Å². The summed E-state index contributed by atoms with van der Waals surface area (Å²) in [4.78, 5) is 23.0. The smallest absolute Gasteiger partial charge is 0.326 e.